The minimum absolute atomic E-state index is 0.0185. The van der Waals surface area contributed by atoms with Crippen LogP contribution in [0.25, 0.3) is 0 Å². The van der Waals surface area contributed by atoms with Crippen molar-refractivity contribution in [3.63, 3.8) is 0 Å². The Morgan fingerprint density at radius 3 is 2.40 bits per heavy atom. The first-order valence-corrected chi connectivity index (χ1v) is 8.80. The lowest BCUT2D eigenvalue weighted by molar-refractivity contribution is -0.135. The van der Waals surface area contributed by atoms with Crippen LogP contribution in [0.4, 0.5) is 0 Å². The lowest BCUT2D eigenvalue weighted by Crippen LogP contribution is -2.49. The zero-order valence-corrected chi connectivity index (χ0v) is 14.6. The number of rotatable bonds is 5. The Labute approximate surface area is 148 Å². The summed E-state index contributed by atoms with van der Waals surface area (Å²) in [7, 11) is 0. The second-order valence-corrected chi connectivity index (χ2v) is 6.51. The van der Waals surface area contributed by atoms with Crippen LogP contribution in [-0.4, -0.2) is 52.0 Å². The van der Waals surface area contributed by atoms with Crippen LogP contribution in [0.1, 0.15) is 36.6 Å². The highest BCUT2D eigenvalue weighted by Crippen LogP contribution is 2.22. The standard InChI is InChI=1S/C20H25N3O2/c1-16(18-8-5-9-21-15-18)22-10-12-23(13-11-22)20(25)14-19(24)17-6-3-2-4-7-17/h2-9,15-16,19,24H,10-14H2,1H3. The van der Waals surface area contributed by atoms with E-state index in [1.165, 1.54) is 5.56 Å². The fraction of sp³-hybridized carbons (Fsp3) is 0.400. The number of hydrogen-bond acceptors (Lipinski definition) is 4. The molecule has 1 amide bonds. The molecule has 1 aliphatic heterocycles. The van der Waals surface area contributed by atoms with Crippen molar-refractivity contribution in [3.8, 4) is 0 Å². The van der Waals surface area contributed by atoms with Gasteiger partial charge in [-0.1, -0.05) is 36.4 Å². The number of carbonyl (C=O) groups excluding carboxylic acids is 1. The predicted molar refractivity (Wildman–Crippen MR) is 96.8 cm³/mol. The number of benzene rings is 1. The number of piperazine rings is 1. The summed E-state index contributed by atoms with van der Waals surface area (Å²) in [5, 5.41) is 10.2. The van der Waals surface area contributed by atoms with E-state index in [1.807, 2.05) is 47.5 Å². The minimum atomic E-state index is -0.735. The van der Waals surface area contributed by atoms with Crippen LogP contribution in [0.3, 0.4) is 0 Å². The van der Waals surface area contributed by atoms with Crippen LogP contribution in [-0.2, 0) is 4.79 Å². The fourth-order valence-corrected chi connectivity index (χ4v) is 3.28. The Morgan fingerprint density at radius 1 is 1.08 bits per heavy atom. The van der Waals surface area contributed by atoms with E-state index in [-0.39, 0.29) is 12.3 Å². The monoisotopic (exact) mass is 339 g/mol. The maximum atomic E-state index is 12.5. The molecule has 1 saturated heterocycles. The van der Waals surface area contributed by atoms with Crippen LogP contribution < -0.4 is 0 Å². The molecule has 132 valence electrons. The first-order chi connectivity index (χ1) is 12.1. The summed E-state index contributed by atoms with van der Waals surface area (Å²) >= 11 is 0. The van der Waals surface area contributed by atoms with Gasteiger partial charge in [0.25, 0.3) is 0 Å². The smallest absolute Gasteiger partial charge is 0.225 e. The highest BCUT2D eigenvalue weighted by molar-refractivity contribution is 5.77. The summed E-state index contributed by atoms with van der Waals surface area (Å²) in [5.74, 6) is 0.0185. The van der Waals surface area contributed by atoms with Gasteiger partial charge in [0.05, 0.1) is 12.5 Å². The molecule has 0 spiro atoms. The molecule has 1 fully saturated rings. The molecule has 5 nitrogen and oxygen atoms in total. The summed E-state index contributed by atoms with van der Waals surface area (Å²) < 4.78 is 0. The van der Waals surface area contributed by atoms with Gasteiger partial charge in [0.2, 0.25) is 5.91 Å². The zero-order valence-electron chi connectivity index (χ0n) is 14.6. The molecule has 5 heteroatoms. The van der Waals surface area contributed by atoms with E-state index in [2.05, 4.69) is 22.9 Å². The van der Waals surface area contributed by atoms with Gasteiger partial charge in [0.1, 0.15) is 0 Å². The molecular formula is C20H25N3O2. The molecular weight excluding hydrogens is 314 g/mol. The van der Waals surface area contributed by atoms with Gasteiger partial charge in [-0.05, 0) is 24.1 Å². The van der Waals surface area contributed by atoms with Crippen molar-refractivity contribution in [1.29, 1.82) is 0 Å². The molecule has 0 saturated carbocycles. The van der Waals surface area contributed by atoms with Gasteiger partial charge in [0, 0.05) is 44.6 Å². The van der Waals surface area contributed by atoms with E-state index in [0.717, 1.165) is 18.7 Å². The van der Waals surface area contributed by atoms with Crippen molar-refractivity contribution in [2.45, 2.75) is 25.5 Å². The molecule has 1 aromatic heterocycles. The van der Waals surface area contributed by atoms with Gasteiger partial charge in [-0.2, -0.15) is 0 Å². The number of amides is 1. The van der Waals surface area contributed by atoms with Crippen molar-refractivity contribution in [2.75, 3.05) is 26.2 Å². The third kappa shape index (κ3) is 4.44. The van der Waals surface area contributed by atoms with Crippen molar-refractivity contribution in [3.05, 3.63) is 66.0 Å². The largest absolute Gasteiger partial charge is 0.388 e. The van der Waals surface area contributed by atoms with Crippen molar-refractivity contribution < 1.29 is 9.90 Å². The molecule has 3 rings (SSSR count). The lowest BCUT2D eigenvalue weighted by atomic mass is 10.1. The molecule has 2 atom stereocenters. The van der Waals surface area contributed by atoms with Gasteiger partial charge >= 0.3 is 0 Å². The van der Waals surface area contributed by atoms with E-state index in [0.29, 0.717) is 19.1 Å². The maximum absolute atomic E-state index is 12.5. The van der Waals surface area contributed by atoms with Crippen LogP contribution in [0.15, 0.2) is 54.9 Å². The Bertz CT molecular complexity index is 670. The third-order valence-corrected chi connectivity index (χ3v) is 4.93. The van der Waals surface area contributed by atoms with Gasteiger partial charge < -0.3 is 10.0 Å². The number of hydrogen-bond donors (Lipinski definition) is 1. The van der Waals surface area contributed by atoms with Crippen LogP contribution in [0, 0.1) is 0 Å². The van der Waals surface area contributed by atoms with E-state index in [1.54, 1.807) is 6.20 Å². The molecule has 2 aromatic rings. The Balaban J connectivity index is 1.51. The molecule has 1 aromatic carbocycles. The minimum Gasteiger partial charge on any atom is -0.388 e. The second kappa shape index (κ2) is 8.23. The molecule has 0 bridgehead atoms. The Kier molecular flexibility index (Phi) is 5.79. The van der Waals surface area contributed by atoms with E-state index in [4.69, 9.17) is 0 Å². The summed E-state index contributed by atoms with van der Waals surface area (Å²) in [5.41, 5.74) is 1.99. The highest BCUT2D eigenvalue weighted by atomic mass is 16.3. The van der Waals surface area contributed by atoms with Crippen molar-refractivity contribution in [1.82, 2.24) is 14.8 Å². The molecule has 0 radical (unpaired) electrons. The number of carbonyl (C=O) groups is 1. The number of pyridine rings is 1. The number of aromatic nitrogens is 1. The quantitative estimate of drug-likeness (QED) is 0.909. The molecule has 1 aliphatic rings. The van der Waals surface area contributed by atoms with E-state index < -0.39 is 6.10 Å². The molecule has 2 unspecified atom stereocenters. The SMILES string of the molecule is CC(c1cccnc1)N1CCN(C(=O)CC(O)c2ccccc2)CC1. The van der Waals surface area contributed by atoms with Gasteiger partial charge in [0.15, 0.2) is 0 Å². The van der Waals surface area contributed by atoms with Crippen LogP contribution in [0.5, 0.6) is 0 Å². The Morgan fingerprint density at radius 2 is 1.76 bits per heavy atom. The number of aliphatic hydroxyl groups is 1. The molecule has 1 N–H and O–H groups in total. The molecule has 0 aliphatic carbocycles. The maximum Gasteiger partial charge on any atom is 0.225 e. The lowest BCUT2D eigenvalue weighted by Gasteiger charge is -2.38. The zero-order chi connectivity index (χ0) is 17.6. The van der Waals surface area contributed by atoms with Gasteiger partial charge in [-0.3, -0.25) is 14.7 Å². The third-order valence-electron chi connectivity index (χ3n) is 4.93. The van der Waals surface area contributed by atoms with E-state index >= 15 is 0 Å². The summed E-state index contributed by atoms with van der Waals surface area (Å²) in [6.45, 7) is 5.25. The summed E-state index contributed by atoms with van der Waals surface area (Å²) in [6, 6.07) is 13.7. The molecule has 25 heavy (non-hydrogen) atoms. The fourth-order valence-electron chi connectivity index (χ4n) is 3.28. The van der Waals surface area contributed by atoms with E-state index in [9.17, 15) is 9.90 Å². The number of aliphatic hydroxyl groups excluding tert-OH is 1. The normalized spacial score (nSPS) is 17.9. The number of nitrogens with zero attached hydrogens (tertiary/aromatic N) is 3. The van der Waals surface area contributed by atoms with Crippen LogP contribution in [0.2, 0.25) is 0 Å². The summed E-state index contributed by atoms with van der Waals surface area (Å²) in [6.07, 6.45) is 3.09. The van der Waals surface area contributed by atoms with Gasteiger partial charge in [-0.15, -0.1) is 0 Å². The van der Waals surface area contributed by atoms with Crippen molar-refractivity contribution >= 4 is 5.91 Å². The second-order valence-electron chi connectivity index (χ2n) is 6.51. The molecule has 2 heterocycles. The Hall–Kier alpha value is -2.24. The van der Waals surface area contributed by atoms with Crippen LogP contribution >= 0.6 is 0 Å². The average Bonchev–Trinajstić information content (AvgIpc) is 2.69. The first kappa shape index (κ1) is 17.6. The topological polar surface area (TPSA) is 56.7 Å². The average molecular weight is 339 g/mol. The highest BCUT2D eigenvalue weighted by Gasteiger charge is 2.26. The summed E-state index contributed by atoms with van der Waals surface area (Å²) in [4.78, 5) is 20.9. The van der Waals surface area contributed by atoms with Gasteiger partial charge in [-0.25, -0.2) is 0 Å². The first-order valence-electron chi connectivity index (χ1n) is 8.80. The van der Waals surface area contributed by atoms with Crippen molar-refractivity contribution in [2.24, 2.45) is 0 Å². The predicted octanol–water partition coefficient (Wildman–Crippen LogP) is 2.41.